The van der Waals surface area contributed by atoms with Gasteiger partial charge in [0.15, 0.2) is 0 Å². The van der Waals surface area contributed by atoms with Gasteiger partial charge in [-0.1, -0.05) is 12.1 Å². The number of hydrogen-bond donors (Lipinski definition) is 1. The van der Waals surface area contributed by atoms with Gasteiger partial charge in [-0.05, 0) is 30.0 Å². The second-order valence-corrected chi connectivity index (χ2v) is 4.42. The van der Waals surface area contributed by atoms with Crippen molar-refractivity contribution in [1.82, 2.24) is 5.32 Å². The van der Waals surface area contributed by atoms with Gasteiger partial charge in [0.2, 0.25) is 5.91 Å². The lowest BCUT2D eigenvalue weighted by Crippen LogP contribution is -2.28. The first-order valence-electron chi connectivity index (χ1n) is 5.72. The van der Waals surface area contributed by atoms with Crippen LogP contribution in [0.5, 0.6) is 0 Å². The van der Waals surface area contributed by atoms with Gasteiger partial charge in [0.25, 0.3) is 0 Å². The molecule has 4 nitrogen and oxygen atoms in total. The van der Waals surface area contributed by atoms with E-state index in [2.05, 4.69) is 5.32 Å². The van der Waals surface area contributed by atoms with Crippen molar-refractivity contribution in [2.45, 2.75) is 18.9 Å². The van der Waals surface area contributed by atoms with Crippen molar-refractivity contribution < 1.29 is 14.3 Å². The summed E-state index contributed by atoms with van der Waals surface area (Å²) < 4.78 is 4.75. The number of hydrogen-bond acceptors (Lipinski definition) is 3. The number of carbonyl (C=O) groups excluding carboxylic acids is 2. The highest BCUT2D eigenvalue weighted by atomic mass is 35.5. The SMILES string of the molecule is COC(=O)c1cccc2c1CCC2NC(=O)CCl. The zero-order chi connectivity index (χ0) is 13.1. The van der Waals surface area contributed by atoms with Gasteiger partial charge in [0.1, 0.15) is 5.88 Å². The van der Waals surface area contributed by atoms with E-state index in [0.717, 1.165) is 24.0 Å². The Bertz CT molecular complexity index is 487. The number of carbonyl (C=O) groups is 2. The molecule has 1 atom stereocenters. The van der Waals surface area contributed by atoms with Crippen LogP contribution in [0, 0.1) is 0 Å². The number of fused-ring (bicyclic) bond motifs is 1. The number of halogens is 1. The van der Waals surface area contributed by atoms with Crippen molar-refractivity contribution in [1.29, 1.82) is 0 Å². The van der Waals surface area contributed by atoms with Gasteiger partial charge >= 0.3 is 5.97 Å². The molecule has 18 heavy (non-hydrogen) atoms. The summed E-state index contributed by atoms with van der Waals surface area (Å²) in [7, 11) is 1.36. The maximum atomic E-state index is 11.6. The van der Waals surface area contributed by atoms with Crippen LogP contribution in [0.25, 0.3) is 0 Å². The highest BCUT2D eigenvalue weighted by molar-refractivity contribution is 6.27. The van der Waals surface area contributed by atoms with Gasteiger partial charge in [-0.25, -0.2) is 4.79 Å². The summed E-state index contributed by atoms with van der Waals surface area (Å²) in [6.07, 6.45) is 1.54. The number of benzene rings is 1. The summed E-state index contributed by atoms with van der Waals surface area (Å²) in [6.45, 7) is 0. The Morgan fingerprint density at radius 2 is 2.28 bits per heavy atom. The maximum absolute atomic E-state index is 11.6. The van der Waals surface area contributed by atoms with Gasteiger partial charge in [0, 0.05) is 0 Å². The minimum absolute atomic E-state index is 0.0530. The van der Waals surface area contributed by atoms with Crippen LogP contribution in [-0.2, 0) is 16.0 Å². The smallest absolute Gasteiger partial charge is 0.338 e. The molecule has 96 valence electrons. The Morgan fingerprint density at radius 3 is 2.94 bits per heavy atom. The first kappa shape index (κ1) is 12.9. The molecule has 0 saturated carbocycles. The average molecular weight is 268 g/mol. The lowest BCUT2D eigenvalue weighted by molar-refractivity contribution is -0.119. The number of ether oxygens (including phenoxy) is 1. The molecular weight excluding hydrogens is 254 g/mol. The van der Waals surface area contributed by atoms with Crippen LogP contribution < -0.4 is 5.32 Å². The molecule has 0 aromatic heterocycles. The Balaban J connectivity index is 2.29. The van der Waals surface area contributed by atoms with E-state index in [1.54, 1.807) is 12.1 Å². The fourth-order valence-corrected chi connectivity index (χ4v) is 2.42. The molecule has 0 spiro atoms. The molecule has 1 unspecified atom stereocenters. The van der Waals surface area contributed by atoms with Gasteiger partial charge in [-0.15, -0.1) is 11.6 Å². The number of alkyl halides is 1. The molecule has 1 aliphatic carbocycles. The van der Waals surface area contributed by atoms with Crippen LogP contribution in [0.4, 0.5) is 0 Å². The third-order valence-electron chi connectivity index (χ3n) is 3.13. The van der Waals surface area contributed by atoms with E-state index in [9.17, 15) is 9.59 Å². The van der Waals surface area contributed by atoms with Gasteiger partial charge in [-0.2, -0.15) is 0 Å². The van der Waals surface area contributed by atoms with Gasteiger partial charge in [0.05, 0.1) is 18.7 Å². The topological polar surface area (TPSA) is 55.4 Å². The molecule has 1 aliphatic rings. The second kappa shape index (κ2) is 5.40. The van der Waals surface area contributed by atoms with E-state index in [1.807, 2.05) is 6.07 Å². The summed E-state index contributed by atoms with van der Waals surface area (Å²) >= 11 is 5.48. The van der Waals surface area contributed by atoms with Crippen LogP contribution in [0.2, 0.25) is 0 Å². The van der Waals surface area contributed by atoms with Gasteiger partial charge in [-0.3, -0.25) is 4.79 Å². The molecule has 0 fully saturated rings. The first-order chi connectivity index (χ1) is 8.67. The Labute approximate surface area is 110 Å². The van der Waals surface area contributed by atoms with Crippen LogP contribution in [0.15, 0.2) is 18.2 Å². The number of nitrogens with one attached hydrogen (secondary N) is 1. The highest BCUT2D eigenvalue weighted by Gasteiger charge is 2.27. The monoisotopic (exact) mass is 267 g/mol. The zero-order valence-corrected chi connectivity index (χ0v) is 10.8. The lowest BCUT2D eigenvalue weighted by Gasteiger charge is -2.13. The van der Waals surface area contributed by atoms with Crippen LogP contribution in [0.1, 0.15) is 33.9 Å². The van der Waals surface area contributed by atoms with E-state index in [1.165, 1.54) is 7.11 Å². The molecule has 0 heterocycles. The molecule has 1 amide bonds. The van der Waals surface area contributed by atoms with Crippen molar-refractivity contribution in [3.05, 3.63) is 34.9 Å². The summed E-state index contributed by atoms with van der Waals surface area (Å²) in [5.41, 5.74) is 2.53. The maximum Gasteiger partial charge on any atom is 0.338 e. The van der Waals surface area contributed by atoms with Crippen molar-refractivity contribution in [2.75, 3.05) is 13.0 Å². The summed E-state index contributed by atoms with van der Waals surface area (Å²) in [5.74, 6) is -0.586. The number of amides is 1. The number of methoxy groups -OCH3 is 1. The first-order valence-corrected chi connectivity index (χ1v) is 6.26. The van der Waals surface area contributed by atoms with Gasteiger partial charge < -0.3 is 10.1 Å². The van der Waals surface area contributed by atoms with E-state index in [4.69, 9.17) is 16.3 Å². The zero-order valence-electron chi connectivity index (χ0n) is 10.0. The largest absolute Gasteiger partial charge is 0.465 e. The summed E-state index contributed by atoms with van der Waals surface area (Å²) in [6, 6.07) is 5.41. The predicted molar refractivity (Wildman–Crippen MR) is 67.7 cm³/mol. The van der Waals surface area contributed by atoms with Crippen molar-refractivity contribution in [3.8, 4) is 0 Å². The van der Waals surface area contributed by atoms with Crippen LogP contribution in [0.3, 0.4) is 0 Å². The summed E-state index contributed by atoms with van der Waals surface area (Å²) in [5, 5.41) is 2.85. The fourth-order valence-electron chi connectivity index (χ4n) is 2.34. The van der Waals surface area contributed by atoms with Crippen LogP contribution in [-0.4, -0.2) is 24.9 Å². The molecule has 2 rings (SSSR count). The molecule has 0 bridgehead atoms. The number of esters is 1. The molecule has 5 heteroatoms. The van der Waals surface area contributed by atoms with Crippen LogP contribution >= 0.6 is 11.6 Å². The highest BCUT2D eigenvalue weighted by Crippen LogP contribution is 2.33. The quantitative estimate of drug-likeness (QED) is 0.671. The van der Waals surface area contributed by atoms with Crippen molar-refractivity contribution in [3.63, 3.8) is 0 Å². The Kier molecular flexibility index (Phi) is 3.87. The molecule has 1 aromatic carbocycles. The second-order valence-electron chi connectivity index (χ2n) is 4.16. The third-order valence-corrected chi connectivity index (χ3v) is 3.38. The predicted octanol–water partition coefficient (Wildman–Crippen LogP) is 1.82. The van der Waals surface area contributed by atoms with Crippen molar-refractivity contribution >= 4 is 23.5 Å². The van der Waals surface area contributed by atoms with E-state index >= 15 is 0 Å². The van der Waals surface area contributed by atoms with E-state index in [-0.39, 0.29) is 23.8 Å². The molecule has 0 saturated heterocycles. The molecular formula is C13H14ClNO3. The van der Waals surface area contributed by atoms with E-state index < -0.39 is 0 Å². The fraction of sp³-hybridized carbons (Fsp3) is 0.385. The molecule has 0 aliphatic heterocycles. The Morgan fingerprint density at radius 1 is 1.50 bits per heavy atom. The standard InChI is InChI=1S/C13H14ClNO3/c1-18-13(17)10-4-2-3-9-8(10)5-6-11(9)15-12(16)7-14/h2-4,11H,5-7H2,1H3,(H,15,16). The van der Waals surface area contributed by atoms with E-state index in [0.29, 0.717) is 5.56 Å². The molecule has 1 N–H and O–H groups in total. The lowest BCUT2D eigenvalue weighted by atomic mass is 10.0. The molecule has 0 radical (unpaired) electrons. The minimum atomic E-state index is -0.337. The van der Waals surface area contributed by atoms with Crippen molar-refractivity contribution in [2.24, 2.45) is 0 Å². The molecule has 1 aromatic rings. The normalized spacial score (nSPS) is 17.1. The third kappa shape index (κ3) is 2.34. The summed E-state index contributed by atoms with van der Waals surface area (Å²) in [4.78, 5) is 22.9. The average Bonchev–Trinajstić information content (AvgIpc) is 2.81. The minimum Gasteiger partial charge on any atom is -0.465 e. The Hall–Kier alpha value is -1.55. The number of rotatable bonds is 3.